The van der Waals surface area contributed by atoms with Crippen molar-refractivity contribution < 1.29 is 58.8 Å². The molecule has 0 unspecified atom stereocenters. The molecule has 0 radical (unpaired) electrons. The van der Waals surface area contributed by atoms with Crippen LogP contribution in [0.15, 0.2) is 39.5 Å². The summed E-state index contributed by atoms with van der Waals surface area (Å²) in [6.07, 6.45) is 0.458. The third-order valence-corrected chi connectivity index (χ3v) is 12.1. The molecule has 2 fully saturated rings. The summed E-state index contributed by atoms with van der Waals surface area (Å²) >= 11 is 2.13. The molecule has 3 aromatic rings. The molecule has 0 bridgehead atoms. The fourth-order valence-corrected chi connectivity index (χ4v) is 9.38. The van der Waals surface area contributed by atoms with Gasteiger partial charge in [-0.2, -0.15) is 5.10 Å². The first-order valence-corrected chi connectivity index (χ1v) is 19.1. The highest BCUT2D eigenvalue weighted by atomic mass is 32.2. The maximum Gasteiger partial charge on any atom is 0.352 e. The van der Waals surface area contributed by atoms with Crippen LogP contribution in [0, 0.1) is 5.92 Å². The van der Waals surface area contributed by atoms with Crippen molar-refractivity contribution in [2.75, 3.05) is 31.1 Å². The van der Waals surface area contributed by atoms with Gasteiger partial charge in [-0.3, -0.25) is 28.8 Å². The number of aromatic hydroxyl groups is 2. The van der Waals surface area contributed by atoms with Crippen LogP contribution in [0.2, 0.25) is 0 Å². The van der Waals surface area contributed by atoms with Crippen molar-refractivity contribution >= 4 is 74.4 Å². The number of amides is 1. The molecule has 0 spiro atoms. The minimum atomic E-state index is -1.92. The number of aryl methyl sites for hydroxylation is 1. The molecule has 6 rings (SSSR count). The van der Waals surface area contributed by atoms with E-state index < -0.39 is 76.7 Å². The summed E-state index contributed by atoms with van der Waals surface area (Å²) in [7, 11) is 0. The van der Waals surface area contributed by atoms with Crippen LogP contribution in [-0.4, -0.2) is 122 Å². The van der Waals surface area contributed by atoms with Gasteiger partial charge in [-0.05, 0) is 32.3 Å². The molecule has 55 heavy (non-hydrogen) atoms. The number of thioether (sulfide) groups is 1. The average molecular weight is 801 g/mol. The lowest BCUT2D eigenvalue weighted by Gasteiger charge is -2.50. The molecule has 0 aliphatic carbocycles. The van der Waals surface area contributed by atoms with Gasteiger partial charge in [0.1, 0.15) is 18.8 Å². The molecule has 1 aromatic carbocycles. The maximum atomic E-state index is 13.8. The van der Waals surface area contributed by atoms with Crippen LogP contribution in [-0.2, 0) is 41.9 Å². The SMILES string of the molecule is CCn1nc(C[N+]2(CC3=C(C(=O)O)N4C(=O)[C@@H](CC(=O)/C(=N/O[C@H](CC(=O)O)C(=O)O)c5cnc(N)s5)[C@H]4SC3)CCCCC2)c(=O)c2cc(O)c(O)cc21. The van der Waals surface area contributed by atoms with Crippen molar-refractivity contribution in [2.24, 2.45) is 11.1 Å². The first-order valence-electron chi connectivity index (χ1n) is 17.3. The number of quaternary nitrogens is 1. The number of carbonyl (C=O) groups excluding carboxylic acids is 2. The molecule has 2 aromatic heterocycles. The number of aromatic nitrogens is 3. The monoisotopic (exact) mass is 800 g/mol. The Kier molecular flexibility index (Phi) is 11.2. The van der Waals surface area contributed by atoms with Gasteiger partial charge in [0.15, 0.2) is 33.8 Å². The number of aliphatic carboxylic acids is 3. The number of carboxylic acids is 3. The van der Waals surface area contributed by atoms with Gasteiger partial charge in [-0.25, -0.2) is 14.6 Å². The Hall–Kier alpha value is -5.54. The summed E-state index contributed by atoms with van der Waals surface area (Å²) in [6.45, 7) is 3.80. The smallest absolute Gasteiger partial charge is 0.352 e. The number of benzene rings is 1. The average Bonchev–Trinajstić information content (AvgIpc) is 3.57. The summed E-state index contributed by atoms with van der Waals surface area (Å²) in [4.78, 5) is 86.7. The standard InChI is InChI=1S/C34H37N7O12S2/c1-2-39-20-10-22(43)21(42)8-17(20)29(47)19(37-39)14-41(6-4-3-5-7-41)13-16-15-54-31-18(30(48)40(31)28(16)33(51)52)9-23(44)27(25-12-36-34(35)55-25)38-53-24(32(49)50)11-26(45)46/h8,10,12,18,24,31H,2-7,9,11,13-15H2,1H3,(H6-,35,36,37,38,42,43,44,45,46,47,49,50,51,52)/p+1/t18-,24-,31-/m1/s1. The number of piperidine rings is 1. The van der Waals surface area contributed by atoms with E-state index in [0.717, 1.165) is 30.6 Å². The molecular formula is C34H38N7O12S2+. The number of nitrogens with zero attached hydrogens (tertiary/aromatic N) is 6. The van der Waals surface area contributed by atoms with Crippen molar-refractivity contribution in [1.82, 2.24) is 19.7 Å². The number of likely N-dealkylation sites (tertiary alicyclic amines) is 1. The summed E-state index contributed by atoms with van der Waals surface area (Å²) in [6, 6.07) is 2.50. The number of fused-ring (bicyclic) bond motifs is 2. The maximum absolute atomic E-state index is 13.8. The fraction of sp³-hybridized carbons (Fsp3) is 0.441. The predicted molar refractivity (Wildman–Crippen MR) is 196 cm³/mol. The Labute approximate surface area is 319 Å². The fourth-order valence-electron chi connectivity index (χ4n) is 7.29. The van der Waals surface area contributed by atoms with E-state index in [0.29, 0.717) is 35.2 Å². The number of rotatable bonds is 15. The van der Waals surface area contributed by atoms with Crippen LogP contribution in [0.5, 0.6) is 11.5 Å². The van der Waals surface area contributed by atoms with Gasteiger partial charge in [-0.15, -0.1) is 11.8 Å². The lowest BCUT2D eigenvalue weighted by atomic mass is 9.89. The van der Waals surface area contributed by atoms with Crippen LogP contribution in [0.1, 0.15) is 49.6 Å². The van der Waals surface area contributed by atoms with Crippen molar-refractivity contribution in [3.63, 3.8) is 0 Å². The van der Waals surface area contributed by atoms with Crippen molar-refractivity contribution in [2.45, 2.75) is 63.6 Å². The first-order chi connectivity index (χ1) is 26.1. The van der Waals surface area contributed by atoms with Gasteiger partial charge >= 0.3 is 17.9 Å². The van der Waals surface area contributed by atoms with Crippen LogP contribution < -0.4 is 11.2 Å². The normalized spacial score (nSPS) is 20.1. The number of hydrogen-bond donors (Lipinski definition) is 6. The Morgan fingerprint density at radius 2 is 1.78 bits per heavy atom. The van der Waals surface area contributed by atoms with Crippen molar-refractivity contribution in [1.29, 1.82) is 0 Å². The van der Waals surface area contributed by atoms with Gasteiger partial charge in [0.05, 0.1) is 46.6 Å². The van der Waals surface area contributed by atoms with Gasteiger partial charge in [0.2, 0.25) is 17.4 Å². The Morgan fingerprint density at radius 1 is 1.07 bits per heavy atom. The summed E-state index contributed by atoms with van der Waals surface area (Å²) in [5.41, 5.74) is 5.78. The summed E-state index contributed by atoms with van der Waals surface area (Å²) in [5.74, 6) is -7.39. The van der Waals surface area contributed by atoms with Crippen LogP contribution >= 0.6 is 23.1 Å². The second-order valence-electron chi connectivity index (χ2n) is 13.5. The number of carbonyl (C=O) groups is 5. The first kappa shape index (κ1) is 39.2. The molecule has 292 valence electrons. The molecule has 7 N–H and O–H groups in total. The Bertz CT molecular complexity index is 2210. The van der Waals surface area contributed by atoms with E-state index >= 15 is 0 Å². The second kappa shape index (κ2) is 15.7. The lowest BCUT2D eigenvalue weighted by Crippen LogP contribution is -2.63. The number of phenols is 2. The predicted octanol–water partition coefficient (Wildman–Crippen LogP) is 1.55. The third kappa shape index (κ3) is 7.85. The van der Waals surface area contributed by atoms with E-state index in [9.17, 15) is 49.2 Å². The van der Waals surface area contributed by atoms with Crippen molar-refractivity contribution in [3.05, 3.63) is 50.4 Å². The molecule has 2 saturated heterocycles. The quantitative estimate of drug-likeness (QED) is 0.0418. The highest BCUT2D eigenvalue weighted by Crippen LogP contribution is 2.46. The van der Waals surface area contributed by atoms with Gasteiger partial charge in [-0.1, -0.05) is 16.5 Å². The largest absolute Gasteiger partial charge is 0.504 e. The van der Waals surface area contributed by atoms with Gasteiger partial charge in [0, 0.05) is 36.6 Å². The zero-order valence-corrected chi connectivity index (χ0v) is 31.0. The number of nitrogens with two attached hydrogens (primary N) is 1. The number of oxime groups is 1. The van der Waals surface area contributed by atoms with E-state index in [2.05, 4.69) is 15.2 Å². The molecule has 3 aliphatic heterocycles. The number of carboxylic acid groups (broad SMARTS) is 3. The molecule has 3 atom stereocenters. The molecule has 0 saturated carbocycles. The van der Waals surface area contributed by atoms with E-state index in [1.807, 2.05) is 6.92 Å². The topological polar surface area (TPSA) is 285 Å². The number of anilines is 1. The van der Waals surface area contributed by atoms with Crippen molar-refractivity contribution in [3.8, 4) is 11.5 Å². The Balaban J connectivity index is 1.26. The number of ketones is 1. The van der Waals surface area contributed by atoms with Gasteiger partial charge in [0.25, 0.3) is 0 Å². The van der Waals surface area contributed by atoms with Crippen LogP contribution in [0.25, 0.3) is 10.9 Å². The minimum Gasteiger partial charge on any atom is -0.504 e. The van der Waals surface area contributed by atoms with E-state index in [1.54, 1.807) is 4.68 Å². The molecule has 3 aliphatic rings. The van der Waals surface area contributed by atoms with E-state index in [1.165, 1.54) is 35.0 Å². The molecular weight excluding hydrogens is 763 g/mol. The molecule has 1 amide bonds. The molecule has 21 heteroatoms. The zero-order valence-electron chi connectivity index (χ0n) is 29.4. The Morgan fingerprint density at radius 3 is 2.40 bits per heavy atom. The van der Waals surface area contributed by atoms with E-state index in [-0.39, 0.29) is 51.4 Å². The molecule has 19 nitrogen and oxygen atoms in total. The van der Waals surface area contributed by atoms with Crippen LogP contribution in [0.4, 0.5) is 5.13 Å². The lowest BCUT2D eigenvalue weighted by molar-refractivity contribution is -0.941. The highest BCUT2D eigenvalue weighted by Gasteiger charge is 2.55. The minimum absolute atomic E-state index is 0.0504. The third-order valence-electron chi connectivity index (χ3n) is 9.89. The second-order valence-corrected chi connectivity index (χ2v) is 15.7. The van der Waals surface area contributed by atoms with E-state index in [4.69, 9.17) is 15.7 Å². The summed E-state index contributed by atoms with van der Waals surface area (Å²) in [5, 5.41) is 57.0. The van der Waals surface area contributed by atoms with Gasteiger partial charge < -0.3 is 40.6 Å². The van der Waals surface area contributed by atoms with Crippen LogP contribution in [0.3, 0.4) is 0 Å². The number of Topliss-reactive ketones (excluding diaryl/α,β-unsaturated/α-hetero) is 1. The zero-order chi connectivity index (χ0) is 39.8. The number of nitrogen functional groups attached to an aromatic ring is 1. The number of phenolic OH excluding ortho intramolecular Hbond substituents is 2. The number of β-lactam (4-membered cyclic amide) rings is 1. The molecule has 5 heterocycles. The number of thiazole rings is 1. The highest BCUT2D eigenvalue weighted by molar-refractivity contribution is 8.00. The summed E-state index contributed by atoms with van der Waals surface area (Å²) < 4.78 is 1.88. The number of hydrogen-bond acceptors (Lipinski definition) is 15.